The molecular formula is C12H12N6O2S. The van der Waals surface area contributed by atoms with E-state index in [1.54, 1.807) is 24.3 Å². The van der Waals surface area contributed by atoms with Crippen LogP contribution in [0.5, 0.6) is 0 Å². The molecule has 1 aromatic heterocycles. The van der Waals surface area contributed by atoms with Crippen LogP contribution >= 0.6 is 0 Å². The molecule has 0 fully saturated rings. The highest BCUT2D eigenvalue weighted by Crippen LogP contribution is 2.31. The van der Waals surface area contributed by atoms with Crippen molar-refractivity contribution in [2.45, 2.75) is 0 Å². The lowest BCUT2D eigenvalue weighted by atomic mass is 10.1. The predicted molar refractivity (Wildman–Crippen MR) is 79.5 cm³/mol. The number of nitrogens with two attached hydrogens (primary N) is 2. The Hall–Kier alpha value is -2.86. The van der Waals surface area contributed by atoms with Crippen LogP contribution in [0, 0.1) is 11.3 Å². The van der Waals surface area contributed by atoms with Crippen LogP contribution in [0.2, 0.25) is 0 Å². The summed E-state index contributed by atoms with van der Waals surface area (Å²) in [7, 11) is -3.49. The first-order valence-corrected chi connectivity index (χ1v) is 7.61. The number of anilines is 3. The molecule has 0 amide bonds. The largest absolute Gasteiger partial charge is 0.382 e. The van der Waals surface area contributed by atoms with Gasteiger partial charge in [-0.25, -0.2) is 13.4 Å². The minimum atomic E-state index is -3.49. The summed E-state index contributed by atoms with van der Waals surface area (Å²) in [6.07, 6.45) is 1.03. The fourth-order valence-corrected chi connectivity index (χ4v) is 2.36. The van der Waals surface area contributed by atoms with E-state index in [2.05, 4.69) is 14.7 Å². The van der Waals surface area contributed by atoms with Crippen molar-refractivity contribution < 1.29 is 8.42 Å². The summed E-state index contributed by atoms with van der Waals surface area (Å²) in [5.74, 6) is -0.162. The first-order valence-electron chi connectivity index (χ1n) is 5.72. The van der Waals surface area contributed by atoms with Gasteiger partial charge in [0.2, 0.25) is 16.0 Å². The van der Waals surface area contributed by atoms with Gasteiger partial charge in [-0.3, -0.25) is 4.72 Å². The van der Waals surface area contributed by atoms with Crippen LogP contribution in [0.4, 0.5) is 17.5 Å². The summed E-state index contributed by atoms with van der Waals surface area (Å²) in [6.45, 7) is 0. The maximum absolute atomic E-state index is 11.4. The van der Waals surface area contributed by atoms with E-state index in [1.807, 2.05) is 6.07 Å². The van der Waals surface area contributed by atoms with Crippen LogP contribution in [-0.4, -0.2) is 24.6 Å². The van der Waals surface area contributed by atoms with E-state index in [-0.39, 0.29) is 28.7 Å². The molecule has 0 aliphatic carbocycles. The van der Waals surface area contributed by atoms with Crippen molar-refractivity contribution >= 4 is 27.5 Å². The average Bonchev–Trinajstić information content (AvgIpc) is 2.36. The summed E-state index contributed by atoms with van der Waals surface area (Å²) in [4.78, 5) is 7.71. The summed E-state index contributed by atoms with van der Waals surface area (Å²) in [5.41, 5.74) is 12.1. The number of nitrogens with one attached hydrogen (secondary N) is 1. The van der Waals surface area contributed by atoms with Gasteiger partial charge in [-0.15, -0.1) is 0 Å². The second-order valence-electron chi connectivity index (χ2n) is 4.22. The first-order chi connectivity index (χ1) is 9.81. The molecule has 108 valence electrons. The Kier molecular flexibility index (Phi) is 3.64. The van der Waals surface area contributed by atoms with Gasteiger partial charge >= 0.3 is 0 Å². The molecule has 2 rings (SSSR count). The third-order valence-electron chi connectivity index (χ3n) is 2.54. The lowest BCUT2D eigenvalue weighted by molar-refractivity contribution is 0.607. The standard InChI is InChI=1S/C12H12N6O2S/c1-21(19,20)18-9-5-3-2-4-7(9)10-8(6-13)11(14)17-12(15)16-10/h2-5,18H,1H3,(H4,14,15,16,17). The van der Waals surface area contributed by atoms with E-state index < -0.39 is 10.0 Å². The lowest BCUT2D eigenvalue weighted by Crippen LogP contribution is -2.11. The van der Waals surface area contributed by atoms with Gasteiger partial charge in [0.05, 0.1) is 17.6 Å². The van der Waals surface area contributed by atoms with E-state index in [9.17, 15) is 13.7 Å². The van der Waals surface area contributed by atoms with Crippen LogP contribution in [-0.2, 0) is 10.0 Å². The zero-order valence-corrected chi connectivity index (χ0v) is 11.8. The predicted octanol–water partition coefficient (Wildman–Crippen LogP) is 0.551. The molecule has 9 heteroatoms. The van der Waals surface area contributed by atoms with Gasteiger partial charge < -0.3 is 11.5 Å². The van der Waals surface area contributed by atoms with E-state index in [0.29, 0.717) is 5.56 Å². The molecule has 0 atom stereocenters. The zero-order valence-electron chi connectivity index (χ0n) is 11.0. The molecule has 2 aromatic rings. The zero-order chi connectivity index (χ0) is 15.6. The van der Waals surface area contributed by atoms with Crippen molar-refractivity contribution in [1.82, 2.24) is 9.97 Å². The number of aromatic nitrogens is 2. The first kappa shape index (κ1) is 14.5. The topological polar surface area (TPSA) is 148 Å². The van der Waals surface area contributed by atoms with Crippen molar-refractivity contribution in [2.75, 3.05) is 22.4 Å². The second kappa shape index (κ2) is 5.26. The fraction of sp³-hybridized carbons (Fsp3) is 0.0833. The summed E-state index contributed by atoms with van der Waals surface area (Å²) < 4.78 is 25.2. The molecule has 0 aliphatic rings. The molecule has 8 nitrogen and oxygen atoms in total. The molecule has 0 unspecified atom stereocenters. The Morgan fingerprint density at radius 2 is 1.90 bits per heavy atom. The molecule has 21 heavy (non-hydrogen) atoms. The van der Waals surface area contributed by atoms with E-state index >= 15 is 0 Å². The Morgan fingerprint density at radius 1 is 1.24 bits per heavy atom. The van der Waals surface area contributed by atoms with Crippen LogP contribution in [0.1, 0.15) is 5.56 Å². The summed E-state index contributed by atoms with van der Waals surface area (Å²) in [5, 5.41) is 9.19. The van der Waals surface area contributed by atoms with Gasteiger partial charge in [0.1, 0.15) is 17.5 Å². The maximum atomic E-state index is 11.4. The van der Waals surface area contributed by atoms with E-state index in [1.165, 1.54) is 0 Å². The summed E-state index contributed by atoms with van der Waals surface area (Å²) >= 11 is 0. The number of benzene rings is 1. The Morgan fingerprint density at radius 3 is 2.52 bits per heavy atom. The van der Waals surface area contributed by atoms with Gasteiger partial charge in [-0.2, -0.15) is 10.2 Å². The van der Waals surface area contributed by atoms with E-state index in [4.69, 9.17) is 11.5 Å². The molecule has 0 bridgehead atoms. The number of para-hydroxylation sites is 1. The van der Waals surface area contributed by atoms with Gasteiger partial charge in [-0.05, 0) is 6.07 Å². The van der Waals surface area contributed by atoms with Gasteiger partial charge in [0.25, 0.3) is 0 Å². The third-order valence-corrected chi connectivity index (χ3v) is 3.13. The molecule has 1 aromatic carbocycles. The molecule has 0 radical (unpaired) electrons. The minimum absolute atomic E-state index is 0.0342. The Labute approximate surface area is 121 Å². The molecular weight excluding hydrogens is 292 g/mol. The number of rotatable bonds is 3. The van der Waals surface area contributed by atoms with Gasteiger partial charge in [0, 0.05) is 5.56 Å². The van der Waals surface area contributed by atoms with Crippen LogP contribution < -0.4 is 16.2 Å². The average molecular weight is 304 g/mol. The Balaban J connectivity index is 2.72. The lowest BCUT2D eigenvalue weighted by Gasteiger charge is -2.12. The SMILES string of the molecule is CS(=O)(=O)Nc1ccccc1-c1nc(N)nc(N)c1C#N. The molecule has 1 heterocycles. The number of nitrogen functional groups attached to an aromatic ring is 2. The number of hydrogen-bond acceptors (Lipinski definition) is 7. The van der Waals surface area contributed by atoms with Crippen molar-refractivity contribution in [2.24, 2.45) is 0 Å². The van der Waals surface area contributed by atoms with Crippen molar-refractivity contribution in [1.29, 1.82) is 5.26 Å². The number of nitrogens with zero attached hydrogens (tertiary/aromatic N) is 3. The highest BCUT2D eigenvalue weighted by molar-refractivity contribution is 7.92. The Bertz CT molecular complexity index is 841. The van der Waals surface area contributed by atoms with Crippen LogP contribution in [0.15, 0.2) is 24.3 Å². The highest BCUT2D eigenvalue weighted by atomic mass is 32.2. The van der Waals surface area contributed by atoms with Crippen LogP contribution in [0.25, 0.3) is 11.3 Å². The van der Waals surface area contributed by atoms with Crippen molar-refractivity contribution in [3.63, 3.8) is 0 Å². The molecule has 0 spiro atoms. The fourth-order valence-electron chi connectivity index (χ4n) is 1.78. The normalized spacial score (nSPS) is 10.9. The summed E-state index contributed by atoms with van der Waals surface area (Å²) in [6, 6.07) is 8.38. The molecule has 0 aliphatic heterocycles. The second-order valence-corrected chi connectivity index (χ2v) is 5.97. The number of hydrogen-bond donors (Lipinski definition) is 3. The smallest absolute Gasteiger partial charge is 0.229 e. The number of sulfonamides is 1. The quantitative estimate of drug-likeness (QED) is 0.749. The van der Waals surface area contributed by atoms with E-state index in [0.717, 1.165) is 6.26 Å². The van der Waals surface area contributed by atoms with Crippen LogP contribution in [0.3, 0.4) is 0 Å². The molecule has 5 N–H and O–H groups in total. The molecule has 0 saturated carbocycles. The van der Waals surface area contributed by atoms with Crippen molar-refractivity contribution in [3.8, 4) is 17.3 Å². The monoisotopic (exact) mass is 304 g/mol. The molecule has 0 saturated heterocycles. The minimum Gasteiger partial charge on any atom is -0.382 e. The highest BCUT2D eigenvalue weighted by Gasteiger charge is 2.17. The van der Waals surface area contributed by atoms with Crippen molar-refractivity contribution in [3.05, 3.63) is 29.8 Å². The third kappa shape index (κ3) is 3.18. The maximum Gasteiger partial charge on any atom is 0.229 e. The van der Waals surface area contributed by atoms with Gasteiger partial charge in [0.15, 0.2) is 0 Å². The number of nitriles is 1. The van der Waals surface area contributed by atoms with Gasteiger partial charge in [-0.1, -0.05) is 18.2 Å².